The largest absolute Gasteiger partial charge is 0.507 e. The van der Waals surface area contributed by atoms with Gasteiger partial charge < -0.3 is 0 Å². The summed E-state index contributed by atoms with van der Waals surface area (Å²) in [4.78, 5) is 0. The summed E-state index contributed by atoms with van der Waals surface area (Å²) in [7, 11) is -4.21. The normalized spacial score (nSPS) is 13.3. The molecule has 0 spiro atoms. The Labute approximate surface area is 71.4 Å². The highest BCUT2D eigenvalue weighted by molar-refractivity contribution is 7.48. The number of rotatable bonds is 5. The van der Waals surface area contributed by atoms with Crippen LogP contribution in [0.25, 0.3) is 0 Å². The van der Waals surface area contributed by atoms with Crippen LogP contribution in [-0.2, 0) is 18.3 Å². The number of nitrogens with two attached hydrogens (primary N) is 2. The van der Waals surface area contributed by atoms with Gasteiger partial charge in [-0.05, 0) is 0 Å². The van der Waals surface area contributed by atoms with Crippen molar-refractivity contribution in [2.75, 3.05) is 6.61 Å². The Hall–Kier alpha value is -0.180. The van der Waals surface area contributed by atoms with Crippen molar-refractivity contribution in [1.82, 2.24) is 0 Å². The van der Waals surface area contributed by atoms with Gasteiger partial charge in [0, 0.05) is 0 Å². The monoisotopic (exact) mass is 224 g/mol. The van der Waals surface area contributed by atoms with E-state index in [1.165, 1.54) is 0 Å². The molecule has 0 aromatic heterocycles. The average molecular weight is 224 g/mol. The zero-order valence-corrected chi connectivity index (χ0v) is 7.18. The van der Waals surface area contributed by atoms with E-state index >= 15 is 0 Å². The van der Waals surface area contributed by atoms with E-state index in [0.29, 0.717) is 0 Å². The molecule has 0 saturated heterocycles. The van der Waals surface area contributed by atoms with Gasteiger partial charge in [-0.1, -0.05) is 0 Å². The fraction of sp³-hybridized carbons (Fsp3) is 1.00. The van der Waals surface area contributed by atoms with Crippen molar-refractivity contribution >= 4 is 7.82 Å². The minimum Gasteiger partial charge on any atom is -0.285 e. The second-order valence-corrected chi connectivity index (χ2v) is 3.43. The summed E-state index contributed by atoms with van der Waals surface area (Å²) in [6, 6.07) is 0. The maximum Gasteiger partial charge on any atom is 0.507 e. The van der Waals surface area contributed by atoms with Crippen LogP contribution in [0.15, 0.2) is 0 Å². The molecule has 0 aliphatic carbocycles. The maximum atomic E-state index is 11.5. The van der Waals surface area contributed by atoms with Crippen molar-refractivity contribution in [1.29, 1.82) is 0 Å². The number of alkyl halides is 3. The lowest BCUT2D eigenvalue weighted by atomic mass is 10.5. The van der Waals surface area contributed by atoms with Crippen molar-refractivity contribution in [3.05, 3.63) is 0 Å². The van der Waals surface area contributed by atoms with Crippen LogP contribution in [0.1, 0.15) is 6.42 Å². The molecule has 0 atom stereocenters. The van der Waals surface area contributed by atoms with Gasteiger partial charge in [-0.15, -0.1) is 0 Å². The van der Waals surface area contributed by atoms with Crippen LogP contribution in [0.5, 0.6) is 0 Å². The van der Waals surface area contributed by atoms with Crippen LogP contribution in [0.2, 0.25) is 0 Å². The fourth-order valence-corrected chi connectivity index (χ4v) is 0.845. The first-order valence-electron chi connectivity index (χ1n) is 2.91. The quantitative estimate of drug-likeness (QED) is 0.530. The first kappa shape index (κ1) is 12.8. The summed E-state index contributed by atoms with van der Waals surface area (Å²) in [6.07, 6.45) is -5.72. The lowest BCUT2D eigenvalue weighted by Crippen LogP contribution is -2.14. The van der Waals surface area contributed by atoms with Crippen molar-refractivity contribution in [3.8, 4) is 0 Å². The van der Waals surface area contributed by atoms with Gasteiger partial charge in [0.25, 0.3) is 0 Å². The minimum absolute atomic E-state index is 0.908. The molecule has 0 aliphatic rings. The predicted octanol–water partition coefficient (Wildman–Crippen LogP) is 0.844. The second kappa shape index (κ2) is 4.89. The van der Waals surface area contributed by atoms with Crippen LogP contribution in [0.4, 0.5) is 13.2 Å². The zero-order valence-electron chi connectivity index (χ0n) is 6.28. The van der Waals surface area contributed by atoms with Gasteiger partial charge in [-0.2, -0.15) is 22.4 Å². The second-order valence-electron chi connectivity index (χ2n) is 1.86. The van der Waals surface area contributed by atoms with Crippen molar-refractivity contribution in [2.24, 2.45) is 11.8 Å². The molecule has 0 radical (unpaired) electrons. The fourth-order valence-electron chi connectivity index (χ4n) is 0.359. The predicted molar refractivity (Wildman–Crippen MR) is 34.8 cm³/mol. The number of halogens is 3. The number of hydrogen-bond acceptors (Lipinski definition) is 6. The Kier molecular flexibility index (Phi) is 4.82. The van der Waals surface area contributed by atoms with E-state index in [1.54, 1.807) is 0 Å². The lowest BCUT2D eigenvalue weighted by Gasteiger charge is -2.12. The third-order valence-electron chi connectivity index (χ3n) is 0.893. The highest BCUT2D eigenvalue weighted by Crippen LogP contribution is 2.45. The van der Waals surface area contributed by atoms with Crippen LogP contribution < -0.4 is 11.8 Å². The summed E-state index contributed by atoms with van der Waals surface area (Å²) >= 11 is 0. The Bertz CT molecular complexity index is 190. The Morgan fingerprint density at radius 2 is 1.69 bits per heavy atom. The number of phosphoric acid groups is 1. The first-order valence-corrected chi connectivity index (χ1v) is 4.37. The molecular formula is C3H8F3N2O4P. The summed E-state index contributed by atoms with van der Waals surface area (Å²) in [5.74, 6) is 8.79. The molecule has 0 rings (SSSR count). The van der Waals surface area contributed by atoms with E-state index in [9.17, 15) is 17.7 Å². The van der Waals surface area contributed by atoms with E-state index in [0.717, 1.165) is 0 Å². The number of hydrogen-bond donors (Lipinski definition) is 2. The molecule has 13 heavy (non-hydrogen) atoms. The molecule has 0 saturated carbocycles. The van der Waals surface area contributed by atoms with E-state index < -0.39 is 27.0 Å². The Balaban J connectivity index is 3.82. The minimum atomic E-state index is -4.42. The third kappa shape index (κ3) is 5.97. The molecule has 6 nitrogen and oxygen atoms in total. The van der Waals surface area contributed by atoms with Gasteiger partial charge in [0.2, 0.25) is 0 Å². The van der Waals surface area contributed by atoms with Crippen LogP contribution >= 0.6 is 7.82 Å². The molecular weight excluding hydrogens is 216 g/mol. The van der Waals surface area contributed by atoms with E-state index in [-0.39, 0.29) is 0 Å². The summed E-state index contributed by atoms with van der Waals surface area (Å²) < 4.78 is 56.6. The van der Waals surface area contributed by atoms with Crippen LogP contribution in [0.3, 0.4) is 0 Å². The van der Waals surface area contributed by atoms with Gasteiger partial charge in [-0.25, -0.2) is 16.4 Å². The van der Waals surface area contributed by atoms with Crippen LogP contribution in [0, 0.1) is 0 Å². The highest BCUT2D eigenvalue weighted by Gasteiger charge is 2.31. The molecule has 10 heteroatoms. The molecule has 80 valence electrons. The molecule has 0 fully saturated rings. The molecule has 0 amide bonds. The van der Waals surface area contributed by atoms with E-state index in [4.69, 9.17) is 0 Å². The summed E-state index contributed by atoms with van der Waals surface area (Å²) in [6.45, 7) is -0.908. The van der Waals surface area contributed by atoms with Gasteiger partial charge >= 0.3 is 14.0 Å². The Morgan fingerprint density at radius 3 is 2.00 bits per heavy atom. The van der Waals surface area contributed by atoms with Crippen molar-refractivity contribution in [3.63, 3.8) is 0 Å². The molecule has 0 heterocycles. The smallest absolute Gasteiger partial charge is 0.285 e. The Morgan fingerprint density at radius 1 is 1.23 bits per heavy atom. The molecule has 0 aromatic rings. The third-order valence-corrected chi connectivity index (χ3v) is 1.91. The standard InChI is InChI=1S/C3H8F3N2O4P/c4-3(5,6)1-2-10-13(9,11-7)12-8/h1-2,7-8H2. The van der Waals surface area contributed by atoms with Gasteiger partial charge in [0.1, 0.15) is 0 Å². The maximum absolute atomic E-state index is 11.5. The lowest BCUT2D eigenvalue weighted by molar-refractivity contribution is -0.140. The van der Waals surface area contributed by atoms with Crippen LogP contribution in [-0.4, -0.2) is 12.8 Å². The molecule has 4 N–H and O–H groups in total. The van der Waals surface area contributed by atoms with Gasteiger partial charge in [0.15, 0.2) is 0 Å². The molecule has 0 aromatic carbocycles. The summed E-state index contributed by atoms with van der Waals surface area (Å²) in [5, 5.41) is 0. The SMILES string of the molecule is NOP(=O)(ON)OCCC(F)(F)F. The zero-order chi connectivity index (χ0) is 10.5. The topological polar surface area (TPSA) is 96.8 Å². The summed E-state index contributed by atoms with van der Waals surface area (Å²) in [5.41, 5.74) is 0. The molecule has 0 unspecified atom stereocenters. The molecule has 0 bridgehead atoms. The van der Waals surface area contributed by atoms with E-state index in [1.807, 2.05) is 0 Å². The highest BCUT2D eigenvalue weighted by atomic mass is 31.2. The average Bonchev–Trinajstić information content (AvgIpc) is 2.02. The van der Waals surface area contributed by atoms with Gasteiger partial charge in [-0.3, -0.25) is 4.52 Å². The van der Waals surface area contributed by atoms with Crippen molar-refractivity contribution in [2.45, 2.75) is 12.6 Å². The van der Waals surface area contributed by atoms with Crippen molar-refractivity contribution < 1.29 is 31.5 Å². The first-order chi connectivity index (χ1) is 5.83. The van der Waals surface area contributed by atoms with E-state index in [2.05, 4.69) is 25.6 Å². The molecule has 0 aliphatic heterocycles. The van der Waals surface area contributed by atoms with Gasteiger partial charge in [0.05, 0.1) is 13.0 Å².